The van der Waals surface area contributed by atoms with Crippen LogP contribution < -0.4 is 18.9 Å². The number of aliphatic carboxylic acids is 3. The molecule has 12 heteroatoms. The molecule has 0 spiro atoms. The summed E-state index contributed by atoms with van der Waals surface area (Å²) in [5.41, 5.74) is 1.02. The van der Waals surface area contributed by atoms with E-state index in [4.69, 9.17) is 29.2 Å². The van der Waals surface area contributed by atoms with E-state index in [2.05, 4.69) is 0 Å². The molecule has 0 radical (unpaired) electrons. The van der Waals surface area contributed by atoms with Crippen molar-refractivity contribution >= 4 is 36.1 Å². The number of carboxylic acid groups (broad SMARTS) is 3. The van der Waals surface area contributed by atoms with Gasteiger partial charge in [0, 0.05) is 23.3 Å². The van der Waals surface area contributed by atoms with Crippen LogP contribution in [0.3, 0.4) is 0 Å². The van der Waals surface area contributed by atoms with Gasteiger partial charge in [0.15, 0.2) is 34.5 Å². The number of hydrogen-bond donors (Lipinski definition) is 5. The maximum atomic E-state index is 12.1. The molecule has 0 unspecified atom stereocenters. The third kappa shape index (κ3) is 7.39. The van der Waals surface area contributed by atoms with Gasteiger partial charge in [-0.05, 0) is 71.3 Å². The van der Waals surface area contributed by atoms with Gasteiger partial charge >= 0.3 is 17.9 Å². The smallest absolute Gasteiger partial charge is 0.371 e. The van der Waals surface area contributed by atoms with Crippen LogP contribution in [-0.4, -0.2) is 64.8 Å². The summed E-state index contributed by atoms with van der Waals surface area (Å²) in [6.07, 6.45) is 5.55. The zero-order valence-electron chi connectivity index (χ0n) is 22.5. The lowest BCUT2D eigenvalue weighted by molar-refractivity contribution is -0.135. The van der Waals surface area contributed by atoms with Crippen LogP contribution in [0.5, 0.6) is 34.5 Å². The largest absolute Gasteiger partial charge is 0.504 e. The molecule has 0 heterocycles. The van der Waals surface area contributed by atoms with Crippen LogP contribution in [0.4, 0.5) is 0 Å². The van der Waals surface area contributed by atoms with Gasteiger partial charge in [-0.25, -0.2) is 14.4 Å². The topological polar surface area (TPSA) is 189 Å². The average molecular weight is 579 g/mol. The maximum absolute atomic E-state index is 12.1. The summed E-state index contributed by atoms with van der Waals surface area (Å²) in [6.45, 7) is 0. The van der Waals surface area contributed by atoms with Crippen molar-refractivity contribution in [3.05, 3.63) is 77.1 Å². The molecule has 0 saturated heterocycles. The molecular weight excluding hydrogens is 552 g/mol. The summed E-state index contributed by atoms with van der Waals surface area (Å²) in [7, 11) is 3.90. The Balaban J connectivity index is 2.14. The summed E-state index contributed by atoms with van der Waals surface area (Å²) in [4.78, 5) is 33.9. The number of carbonyl (C=O) groups is 3. The highest BCUT2D eigenvalue weighted by molar-refractivity contribution is 5.92. The maximum Gasteiger partial charge on any atom is 0.371 e. The van der Waals surface area contributed by atoms with Gasteiger partial charge in [0.05, 0.1) is 21.3 Å². The van der Waals surface area contributed by atoms with Crippen molar-refractivity contribution in [3.63, 3.8) is 0 Å². The van der Waals surface area contributed by atoms with E-state index < -0.39 is 29.4 Å². The predicted molar refractivity (Wildman–Crippen MR) is 151 cm³/mol. The fraction of sp³-hybridized carbons (Fsp3) is 0.100. The molecule has 0 atom stereocenters. The first-order chi connectivity index (χ1) is 20.0. The second-order valence-electron chi connectivity index (χ2n) is 8.41. The van der Waals surface area contributed by atoms with Gasteiger partial charge in [-0.3, -0.25) is 0 Å². The van der Waals surface area contributed by atoms with Gasteiger partial charge < -0.3 is 44.5 Å². The van der Waals surface area contributed by atoms with Crippen molar-refractivity contribution in [1.82, 2.24) is 0 Å². The normalized spacial score (nSPS) is 11.5. The number of phenolic OH excluding ortho intramolecular Hbond substituents is 2. The lowest BCUT2D eigenvalue weighted by atomic mass is 9.97. The molecule has 0 aromatic heterocycles. The van der Waals surface area contributed by atoms with Crippen LogP contribution in [0.2, 0.25) is 0 Å². The van der Waals surface area contributed by atoms with Crippen LogP contribution in [-0.2, 0) is 14.4 Å². The molecule has 42 heavy (non-hydrogen) atoms. The summed E-state index contributed by atoms with van der Waals surface area (Å²) >= 11 is 0. The molecular formula is C30H26O12. The first-order valence-electron chi connectivity index (χ1n) is 11.9. The number of benzene rings is 3. The first kappa shape index (κ1) is 30.6. The Morgan fingerprint density at radius 3 is 1.60 bits per heavy atom. The van der Waals surface area contributed by atoms with Gasteiger partial charge in [0.2, 0.25) is 5.76 Å². The number of methoxy groups -OCH3 is 3. The second-order valence-corrected chi connectivity index (χ2v) is 8.41. The van der Waals surface area contributed by atoms with E-state index >= 15 is 0 Å². The van der Waals surface area contributed by atoms with Crippen molar-refractivity contribution in [3.8, 4) is 45.6 Å². The summed E-state index contributed by atoms with van der Waals surface area (Å²) in [5.74, 6) is -5.07. The number of carboxylic acids is 3. The van der Waals surface area contributed by atoms with E-state index in [1.54, 1.807) is 0 Å². The zero-order chi connectivity index (χ0) is 31.0. The zero-order valence-corrected chi connectivity index (χ0v) is 22.5. The monoisotopic (exact) mass is 578 g/mol. The molecule has 0 amide bonds. The fourth-order valence-electron chi connectivity index (χ4n) is 3.77. The Labute approximate surface area is 239 Å². The van der Waals surface area contributed by atoms with Gasteiger partial charge in [-0.15, -0.1) is 0 Å². The lowest BCUT2D eigenvalue weighted by Crippen LogP contribution is -2.08. The van der Waals surface area contributed by atoms with E-state index in [9.17, 15) is 29.7 Å². The number of ether oxygens (including phenoxy) is 4. The van der Waals surface area contributed by atoms with Crippen LogP contribution >= 0.6 is 0 Å². The minimum absolute atomic E-state index is 0.0128. The second kappa shape index (κ2) is 13.4. The Morgan fingerprint density at radius 2 is 1.10 bits per heavy atom. The van der Waals surface area contributed by atoms with Gasteiger partial charge in [0.1, 0.15) is 0 Å². The molecule has 218 valence electrons. The van der Waals surface area contributed by atoms with E-state index in [1.807, 2.05) is 0 Å². The predicted octanol–water partition coefficient (Wildman–Crippen LogP) is 4.49. The van der Waals surface area contributed by atoms with Crippen LogP contribution in [0, 0.1) is 0 Å². The number of rotatable bonds is 12. The highest BCUT2D eigenvalue weighted by Crippen LogP contribution is 2.46. The number of phenols is 2. The SMILES string of the molecule is COc1cc(C=CC(=O)O)ccc1OC(=Cc1cc(OC)c(O)c(-c2cc(C=CC(=O)O)cc(OC)c2O)c1)C(=O)O. The molecule has 3 rings (SSSR count). The molecule has 3 aromatic carbocycles. The quantitative estimate of drug-likeness (QED) is 0.150. The third-order valence-corrected chi connectivity index (χ3v) is 5.68. The molecule has 0 aliphatic carbocycles. The molecule has 5 N–H and O–H groups in total. The average Bonchev–Trinajstić information content (AvgIpc) is 2.96. The van der Waals surface area contributed by atoms with Crippen LogP contribution in [0.1, 0.15) is 16.7 Å². The van der Waals surface area contributed by atoms with Crippen LogP contribution in [0.25, 0.3) is 29.4 Å². The minimum atomic E-state index is -1.45. The van der Waals surface area contributed by atoms with E-state index in [1.165, 1.54) is 75.9 Å². The van der Waals surface area contributed by atoms with Crippen molar-refractivity contribution in [2.24, 2.45) is 0 Å². The highest BCUT2D eigenvalue weighted by Gasteiger charge is 2.20. The standard InChI is InChI=1S/C30H26O12/c1-39-22-12-16(5-8-26(31)32)4-7-21(22)42-25(30(37)38)15-18-11-20(29(36)24(14-18)41-3)19-10-17(6-9-27(33)34)13-23(40-2)28(19)35/h4-15,35-36H,1-3H3,(H,31,32)(H,33,34)(H,37,38). The van der Waals surface area contributed by atoms with Gasteiger partial charge in [-0.2, -0.15) is 0 Å². The van der Waals surface area contributed by atoms with Crippen molar-refractivity contribution in [1.29, 1.82) is 0 Å². The molecule has 12 nitrogen and oxygen atoms in total. The Kier molecular flexibility index (Phi) is 9.80. The van der Waals surface area contributed by atoms with E-state index in [-0.39, 0.29) is 45.4 Å². The highest BCUT2D eigenvalue weighted by atomic mass is 16.5. The first-order valence-corrected chi connectivity index (χ1v) is 11.9. The Hall–Kier alpha value is -5.91. The van der Waals surface area contributed by atoms with Crippen molar-refractivity contribution in [2.75, 3.05) is 21.3 Å². The van der Waals surface area contributed by atoms with E-state index in [0.29, 0.717) is 11.1 Å². The molecule has 3 aromatic rings. The third-order valence-electron chi connectivity index (χ3n) is 5.68. The van der Waals surface area contributed by atoms with Crippen LogP contribution in [0.15, 0.2) is 60.4 Å². The van der Waals surface area contributed by atoms with Crippen molar-refractivity contribution in [2.45, 2.75) is 0 Å². The Morgan fingerprint density at radius 1 is 0.619 bits per heavy atom. The Bertz CT molecular complexity index is 1610. The molecule has 0 bridgehead atoms. The van der Waals surface area contributed by atoms with Gasteiger partial charge in [-0.1, -0.05) is 6.07 Å². The summed E-state index contributed by atoms with van der Waals surface area (Å²) in [5, 5.41) is 49.4. The molecule has 0 aliphatic heterocycles. The van der Waals surface area contributed by atoms with Crippen molar-refractivity contribution < 1.29 is 58.9 Å². The van der Waals surface area contributed by atoms with E-state index in [0.717, 1.165) is 18.2 Å². The molecule has 0 aliphatic rings. The minimum Gasteiger partial charge on any atom is -0.504 e. The molecule has 0 fully saturated rings. The van der Waals surface area contributed by atoms with Gasteiger partial charge in [0.25, 0.3) is 0 Å². The number of hydrogen-bond acceptors (Lipinski definition) is 9. The summed E-state index contributed by atoms with van der Waals surface area (Å²) in [6, 6.07) is 9.85. The summed E-state index contributed by atoms with van der Waals surface area (Å²) < 4.78 is 21.4. The lowest BCUT2D eigenvalue weighted by Gasteiger charge is -2.15. The molecule has 0 saturated carbocycles. The fourth-order valence-corrected chi connectivity index (χ4v) is 3.77. The number of aromatic hydroxyl groups is 2.